The van der Waals surface area contributed by atoms with Crippen molar-refractivity contribution in [2.45, 2.75) is 13.8 Å². The Labute approximate surface area is 122 Å². The van der Waals surface area contributed by atoms with Gasteiger partial charge >= 0.3 is 0 Å². The van der Waals surface area contributed by atoms with Crippen molar-refractivity contribution >= 4 is 15.5 Å². The van der Waals surface area contributed by atoms with Crippen LogP contribution in [0.3, 0.4) is 0 Å². The Hall–Kier alpha value is -1.07. The topological polar surface area (TPSA) is 40.6 Å². The second-order valence-electron chi connectivity index (χ2n) is 5.68. The molecular formula is C15H24N2O2S. The molecule has 0 bridgehead atoms. The van der Waals surface area contributed by atoms with Crippen molar-refractivity contribution in [1.29, 1.82) is 0 Å². The minimum absolute atomic E-state index is 0.260. The molecular weight excluding hydrogens is 272 g/mol. The molecule has 1 saturated heterocycles. The number of benzene rings is 1. The number of rotatable bonds is 4. The van der Waals surface area contributed by atoms with Crippen LogP contribution in [0.25, 0.3) is 0 Å². The zero-order valence-corrected chi connectivity index (χ0v) is 13.4. The molecule has 1 heterocycles. The normalized spacial score (nSPS) is 17.4. The molecule has 5 heteroatoms. The molecule has 1 aliphatic heterocycles. The molecule has 0 atom stereocenters. The van der Waals surface area contributed by atoms with E-state index in [2.05, 4.69) is 41.8 Å². The SMILES string of the molecule is Cc1cccc(N2CCN(CCS(C)(=O)=O)CC2)c1C. The summed E-state index contributed by atoms with van der Waals surface area (Å²) in [4.78, 5) is 4.64. The second kappa shape index (κ2) is 6.14. The van der Waals surface area contributed by atoms with Gasteiger partial charge in [0.05, 0.1) is 5.75 Å². The molecule has 0 radical (unpaired) electrons. The highest BCUT2D eigenvalue weighted by molar-refractivity contribution is 7.90. The lowest BCUT2D eigenvalue weighted by Gasteiger charge is -2.37. The number of aryl methyl sites for hydroxylation is 1. The predicted octanol–water partition coefficient (Wildman–Crippen LogP) is 1.47. The highest BCUT2D eigenvalue weighted by atomic mass is 32.2. The summed E-state index contributed by atoms with van der Waals surface area (Å²) in [7, 11) is -2.86. The Morgan fingerprint density at radius 1 is 1.10 bits per heavy atom. The van der Waals surface area contributed by atoms with Gasteiger partial charge in [-0.1, -0.05) is 12.1 Å². The number of anilines is 1. The second-order valence-corrected chi connectivity index (χ2v) is 7.94. The summed E-state index contributed by atoms with van der Waals surface area (Å²) >= 11 is 0. The molecule has 0 aromatic heterocycles. The van der Waals surface area contributed by atoms with E-state index in [1.54, 1.807) is 0 Å². The lowest BCUT2D eigenvalue weighted by Crippen LogP contribution is -2.47. The van der Waals surface area contributed by atoms with Crippen LogP contribution in [0.15, 0.2) is 18.2 Å². The van der Waals surface area contributed by atoms with Crippen molar-refractivity contribution in [2.24, 2.45) is 0 Å². The zero-order valence-electron chi connectivity index (χ0n) is 12.6. The van der Waals surface area contributed by atoms with E-state index in [4.69, 9.17) is 0 Å². The highest BCUT2D eigenvalue weighted by Crippen LogP contribution is 2.23. The van der Waals surface area contributed by atoms with Gasteiger partial charge in [0.15, 0.2) is 0 Å². The van der Waals surface area contributed by atoms with Crippen LogP contribution in [0.5, 0.6) is 0 Å². The summed E-state index contributed by atoms with van der Waals surface area (Å²) < 4.78 is 22.4. The lowest BCUT2D eigenvalue weighted by atomic mass is 10.1. The predicted molar refractivity (Wildman–Crippen MR) is 84.3 cm³/mol. The standard InChI is InChI=1S/C15H24N2O2S/c1-13-5-4-6-15(14(13)2)17-9-7-16(8-10-17)11-12-20(3,18)19/h4-6H,7-12H2,1-3H3. The van der Waals surface area contributed by atoms with Gasteiger partial charge in [0.2, 0.25) is 0 Å². The first-order valence-corrected chi connectivity index (χ1v) is 9.14. The van der Waals surface area contributed by atoms with Gasteiger partial charge in [0.1, 0.15) is 9.84 Å². The summed E-state index contributed by atoms with van der Waals surface area (Å²) in [6.07, 6.45) is 1.30. The molecule has 0 saturated carbocycles. The van der Waals surface area contributed by atoms with Gasteiger partial charge in [-0.05, 0) is 31.0 Å². The first-order valence-electron chi connectivity index (χ1n) is 7.08. The number of hydrogen-bond donors (Lipinski definition) is 0. The van der Waals surface area contributed by atoms with Crippen LogP contribution in [0.2, 0.25) is 0 Å². The van der Waals surface area contributed by atoms with Crippen LogP contribution < -0.4 is 4.90 Å². The van der Waals surface area contributed by atoms with E-state index in [0.29, 0.717) is 6.54 Å². The van der Waals surface area contributed by atoms with Crippen LogP contribution in [-0.4, -0.2) is 58.1 Å². The van der Waals surface area contributed by atoms with Crippen LogP contribution in [0.4, 0.5) is 5.69 Å². The van der Waals surface area contributed by atoms with Crippen LogP contribution in [0.1, 0.15) is 11.1 Å². The van der Waals surface area contributed by atoms with Gasteiger partial charge in [0, 0.05) is 44.7 Å². The summed E-state index contributed by atoms with van der Waals surface area (Å²) in [5.41, 5.74) is 3.98. The molecule has 0 unspecified atom stereocenters. The number of piperazine rings is 1. The van der Waals surface area contributed by atoms with Gasteiger partial charge in [-0.15, -0.1) is 0 Å². The third-order valence-electron chi connectivity index (χ3n) is 4.07. The van der Waals surface area contributed by atoms with Crippen LogP contribution in [-0.2, 0) is 9.84 Å². The smallest absolute Gasteiger partial charge is 0.148 e. The summed E-state index contributed by atoms with van der Waals surface area (Å²) in [6.45, 7) is 8.76. The van der Waals surface area contributed by atoms with E-state index in [9.17, 15) is 8.42 Å². The molecule has 1 aromatic carbocycles. The summed E-state index contributed by atoms with van der Waals surface area (Å²) in [5, 5.41) is 0. The Kier molecular flexibility index (Phi) is 4.70. The number of nitrogens with zero attached hydrogens (tertiary/aromatic N) is 2. The molecule has 1 aliphatic rings. The quantitative estimate of drug-likeness (QED) is 0.844. The molecule has 4 nitrogen and oxygen atoms in total. The Bertz CT molecular complexity index is 561. The Morgan fingerprint density at radius 2 is 1.75 bits per heavy atom. The van der Waals surface area contributed by atoms with E-state index < -0.39 is 9.84 Å². The Balaban J connectivity index is 1.93. The molecule has 112 valence electrons. The molecule has 0 N–H and O–H groups in total. The van der Waals surface area contributed by atoms with Crippen molar-refractivity contribution in [3.8, 4) is 0 Å². The monoisotopic (exact) mass is 296 g/mol. The minimum atomic E-state index is -2.86. The van der Waals surface area contributed by atoms with Crippen molar-refractivity contribution in [2.75, 3.05) is 49.6 Å². The van der Waals surface area contributed by atoms with Gasteiger partial charge < -0.3 is 4.90 Å². The first-order chi connectivity index (χ1) is 9.37. The fourth-order valence-electron chi connectivity index (χ4n) is 2.59. The van der Waals surface area contributed by atoms with Crippen LogP contribution >= 0.6 is 0 Å². The zero-order chi connectivity index (χ0) is 14.8. The average molecular weight is 296 g/mol. The largest absolute Gasteiger partial charge is 0.369 e. The van der Waals surface area contributed by atoms with E-state index in [1.165, 1.54) is 23.1 Å². The third-order valence-corrected chi connectivity index (χ3v) is 4.99. The molecule has 1 aromatic rings. The average Bonchev–Trinajstić information content (AvgIpc) is 2.40. The van der Waals surface area contributed by atoms with E-state index >= 15 is 0 Å². The summed E-state index contributed by atoms with van der Waals surface area (Å²) in [6, 6.07) is 6.42. The van der Waals surface area contributed by atoms with Gasteiger partial charge in [-0.25, -0.2) is 8.42 Å². The number of hydrogen-bond acceptors (Lipinski definition) is 4. The Morgan fingerprint density at radius 3 is 2.35 bits per heavy atom. The molecule has 1 fully saturated rings. The summed E-state index contributed by atoms with van der Waals surface area (Å²) in [5.74, 6) is 0.260. The molecule has 0 aliphatic carbocycles. The van der Waals surface area contributed by atoms with E-state index in [1.807, 2.05) is 0 Å². The maximum Gasteiger partial charge on any atom is 0.148 e. The molecule has 0 amide bonds. The van der Waals surface area contributed by atoms with E-state index in [0.717, 1.165) is 26.2 Å². The minimum Gasteiger partial charge on any atom is -0.369 e. The maximum absolute atomic E-state index is 11.2. The van der Waals surface area contributed by atoms with Gasteiger partial charge in [0.25, 0.3) is 0 Å². The maximum atomic E-state index is 11.2. The highest BCUT2D eigenvalue weighted by Gasteiger charge is 2.19. The third kappa shape index (κ3) is 3.96. The molecule has 2 rings (SSSR count). The molecule has 0 spiro atoms. The lowest BCUT2D eigenvalue weighted by molar-refractivity contribution is 0.272. The van der Waals surface area contributed by atoms with Gasteiger partial charge in [-0.2, -0.15) is 0 Å². The van der Waals surface area contributed by atoms with E-state index in [-0.39, 0.29) is 5.75 Å². The van der Waals surface area contributed by atoms with Crippen molar-refractivity contribution < 1.29 is 8.42 Å². The number of sulfone groups is 1. The van der Waals surface area contributed by atoms with Crippen molar-refractivity contribution in [3.05, 3.63) is 29.3 Å². The van der Waals surface area contributed by atoms with Crippen molar-refractivity contribution in [1.82, 2.24) is 4.90 Å². The van der Waals surface area contributed by atoms with Crippen molar-refractivity contribution in [3.63, 3.8) is 0 Å². The fraction of sp³-hybridized carbons (Fsp3) is 0.600. The molecule has 20 heavy (non-hydrogen) atoms. The van der Waals surface area contributed by atoms with Gasteiger partial charge in [-0.3, -0.25) is 4.90 Å². The first kappa shape index (κ1) is 15.3. The fourth-order valence-corrected chi connectivity index (χ4v) is 3.18. The van der Waals surface area contributed by atoms with Crippen LogP contribution in [0, 0.1) is 13.8 Å².